The zero-order valence-electron chi connectivity index (χ0n) is 11.9. The first-order valence-corrected chi connectivity index (χ1v) is 8.25. The van der Waals surface area contributed by atoms with Gasteiger partial charge in [-0.1, -0.05) is 26.2 Å². The SMILES string of the molecule is CCCCCCNC(=O)NC1CCC(=O)c2sccc21. The zero-order chi connectivity index (χ0) is 14.4. The van der Waals surface area contributed by atoms with Gasteiger partial charge in [-0.2, -0.15) is 0 Å². The number of carbonyl (C=O) groups is 2. The fraction of sp³-hybridized carbons (Fsp3) is 0.600. The molecule has 0 saturated heterocycles. The van der Waals surface area contributed by atoms with Gasteiger partial charge in [0.25, 0.3) is 0 Å². The first-order valence-electron chi connectivity index (χ1n) is 7.37. The number of Topliss-reactive ketones (excluding diaryl/α,β-unsaturated/α-hetero) is 1. The molecule has 1 unspecified atom stereocenters. The molecule has 0 saturated carbocycles. The van der Waals surface area contributed by atoms with E-state index in [1.807, 2.05) is 11.4 Å². The number of hydrogen-bond acceptors (Lipinski definition) is 3. The summed E-state index contributed by atoms with van der Waals surface area (Å²) in [6, 6.07) is 1.80. The van der Waals surface area contributed by atoms with Gasteiger partial charge in [-0.15, -0.1) is 11.3 Å². The third-order valence-corrected chi connectivity index (χ3v) is 4.58. The van der Waals surface area contributed by atoms with Crippen LogP contribution in [-0.4, -0.2) is 18.4 Å². The van der Waals surface area contributed by atoms with Gasteiger partial charge in [-0.05, 0) is 29.9 Å². The summed E-state index contributed by atoms with van der Waals surface area (Å²) in [5, 5.41) is 7.79. The molecule has 2 rings (SSSR count). The Morgan fingerprint density at radius 1 is 1.40 bits per heavy atom. The van der Waals surface area contributed by atoms with Crippen LogP contribution in [0, 0.1) is 0 Å². The molecule has 0 aromatic carbocycles. The van der Waals surface area contributed by atoms with Crippen molar-refractivity contribution in [3.05, 3.63) is 21.9 Å². The molecule has 1 aliphatic carbocycles. The fourth-order valence-corrected chi connectivity index (χ4v) is 3.41. The number of hydrogen-bond donors (Lipinski definition) is 2. The van der Waals surface area contributed by atoms with Crippen molar-refractivity contribution in [2.24, 2.45) is 0 Å². The van der Waals surface area contributed by atoms with Crippen molar-refractivity contribution in [3.8, 4) is 0 Å². The van der Waals surface area contributed by atoms with Gasteiger partial charge in [0.05, 0.1) is 10.9 Å². The fourth-order valence-electron chi connectivity index (χ4n) is 2.48. The molecule has 0 bridgehead atoms. The molecule has 1 atom stereocenters. The standard InChI is InChI=1S/C15H22N2O2S/c1-2-3-4-5-9-16-15(19)17-12-6-7-13(18)14-11(12)8-10-20-14/h8,10,12H,2-7,9H2,1H3,(H2,16,17,19). The first-order chi connectivity index (χ1) is 9.72. The smallest absolute Gasteiger partial charge is 0.315 e. The Bertz CT molecular complexity index is 470. The maximum atomic E-state index is 11.9. The van der Waals surface area contributed by atoms with E-state index in [2.05, 4.69) is 17.6 Å². The molecular weight excluding hydrogens is 272 g/mol. The van der Waals surface area contributed by atoms with E-state index in [1.165, 1.54) is 24.2 Å². The topological polar surface area (TPSA) is 58.2 Å². The Balaban J connectivity index is 1.78. The summed E-state index contributed by atoms with van der Waals surface area (Å²) in [5.41, 5.74) is 0.979. The molecule has 1 aromatic rings. The third kappa shape index (κ3) is 3.82. The summed E-state index contributed by atoms with van der Waals surface area (Å²) < 4.78 is 0. The maximum absolute atomic E-state index is 11.9. The Labute approximate surface area is 124 Å². The summed E-state index contributed by atoms with van der Waals surface area (Å²) in [4.78, 5) is 24.4. The number of fused-ring (bicyclic) bond motifs is 1. The minimum absolute atomic E-state index is 0.0235. The van der Waals surface area contributed by atoms with Gasteiger partial charge in [0.2, 0.25) is 0 Å². The number of urea groups is 1. The van der Waals surface area contributed by atoms with E-state index < -0.39 is 0 Å². The van der Waals surface area contributed by atoms with Crippen LogP contribution in [0.5, 0.6) is 0 Å². The van der Waals surface area contributed by atoms with Gasteiger partial charge in [-0.25, -0.2) is 4.79 Å². The Morgan fingerprint density at radius 2 is 2.25 bits per heavy atom. The van der Waals surface area contributed by atoms with E-state index in [4.69, 9.17) is 0 Å². The van der Waals surface area contributed by atoms with Gasteiger partial charge < -0.3 is 10.6 Å². The second-order valence-corrected chi connectivity index (χ2v) is 6.10. The number of rotatable bonds is 6. The van der Waals surface area contributed by atoms with Crippen molar-refractivity contribution in [2.75, 3.05) is 6.54 Å². The second-order valence-electron chi connectivity index (χ2n) is 5.18. The summed E-state index contributed by atoms with van der Waals surface area (Å²) in [5.74, 6) is 0.202. The molecule has 2 amide bonds. The van der Waals surface area contributed by atoms with Gasteiger partial charge in [0.1, 0.15) is 0 Å². The van der Waals surface area contributed by atoms with Crippen molar-refractivity contribution in [1.29, 1.82) is 0 Å². The minimum atomic E-state index is -0.127. The number of thiophene rings is 1. The molecule has 1 aliphatic rings. The van der Waals surface area contributed by atoms with E-state index in [9.17, 15) is 9.59 Å². The van der Waals surface area contributed by atoms with Crippen molar-refractivity contribution < 1.29 is 9.59 Å². The van der Waals surface area contributed by atoms with Crippen molar-refractivity contribution in [3.63, 3.8) is 0 Å². The van der Waals surface area contributed by atoms with Crippen LogP contribution in [0.4, 0.5) is 4.79 Å². The monoisotopic (exact) mass is 294 g/mol. The number of amides is 2. The molecule has 0 radical (unpaired) electrons. The van der Waals surface area contributed by atoms with Gasteiger partial charge in [0.15, 0.2) is 5.78 Å². The molecule has 2 N–H and O–H groups in total. The minimum Gasteiger partial charge on any atom is -0.338 e. The van der Waals surface area contributed by atoms with Crippen LogP contribution in [0.25, 0.3) is 0 Å². The lowest BCUT2D eigenvalue weighted by atomic mass is 9.93. The lowest BCUT2D eigenvalue weighted by Gasteiger charge is -2.23. The van der Waals surface area contributed by atoms with Crippen LogP contribution in [0.3, 0.4) is 0 Å². The molecule has 1 heterocycles. The molecule has 4 nitrogen and oxygen atoms in total. The highest BCUT2D eigenvalue weighted by molar-refractivity contribution is 7.12. The van der Waals surface area contributed by atoms with Gasteiger partial charge in [0, 0.05) is 13.0 Å². The Morgan fingerprint density at radius 3 is 3.05 bits per heavy atom. The highest BCUT2D eigenvalue weighted by Crippen LogP contribution is 2.33. The summed E-state index contributed by atoms with van der Waals surface area (Å²) in [7, 11) is 0. The van der Waals surface area contributed by atoms with E-state index in [-0.39, 0.29) is 17.9 Å². The zero-order valence-corrected chi connectivity index (χ0v) is 12.7. The van der Waals surface area contributed by atoms with E-state index >= 15 is 0 Å². The first kappa shape index (κ1) is 15.0. The van der Waals surface area contributed by atoms with Crippen LogP contribution in [0.2, 0.25) is 0 Å². The van der Waals surface area contributed by atoms with Crippen LogP contribution in [-0.2, 0) is 0 Å². The van der Waals surface area contributed by atoms with Gasteiger partial charge in [-0.3, -0.25) is 4.79 Å². The molecule has 5 heteroatoms. The Hall–Kier alpha value is -1.36. The molecular formula is C15H22N2O2S. The number of ketones is 1. The van der Waals surface area contributed by atoms with E-state index in [0.29, 0.717) is 19.4 Å². The molecule has 110 valence electrons. The molecule has 0 aliphatic heterocycles. The predicted octanol–water partition coefficient (Wildman–Crippen LogP) is 3.65. The second kappa shape index (κ2) is 7.43. The highest BCUT2D eigenvalue weighted by Gasteiger charge is 2.27. The summed E-state index contributed by atoms with van der Waals surface area (Å²) >= 11 is 1.47. The molecule has 0 spiro atoms. The van der Waals surface area contributed by atoms with Crippen LogP contribution in [0.15, 0.2) is 11.4 Å². The number of unbranched alkanes of at least 4 members (excludes halogenated alkanes) is 3. The van der Waals surface area contributed by atoms with E-state index in [0.717, 1.165) is 23.3 Å². The van der Waals surface area contributed by atoms with Gasteiger partial charge >= 0.3 is 6.03 Å². The van der Waals surface area contributed by atoms with Crippen LogP contribution >= 0.6 is 11.3 Å². The molecule has 0 fully saturated rings. The van der Waals surface area contributed by atoms with Crippen molar-refractivity contribution in [1.82, 2.24) is 10.6 Å². The van der Waals surface area contributed by atoms with Crippen LogP contribution < -0.4 is 10.6 Å². The van der Waals surface area contributed by atoms with E-state index in [1.54, 1.807) is 0 Å². The predicted molar refractivity (Wildman–Crippen MR) is 81.3 cm³/mol. The summed E-state index contributed by atoms with van der Waals surface area (Å²) in [6.07, 6.45) is 5.81. The Kier molecular flexibility index (Phi) is 5.59. The average molecular weight is 294 g/mol. The normalized spacial score (nSPS) is 17.6. The lowest BCUT2D eigenvalue weighted by molar-refractivity contribution is 0.0968. The quantitative estimate of drug-likeness (QED) is 0.787. The lowest BCUT2D eigenvalue weighted by Crippen LogP contribution is -2.39. The summed E-state index contributed by atoms with van der Waals surface area (Å²) in [6.45, 7) is 2.89. The molecule has 1 aromatic heterocycles. The highest BCUT2D eigenvalue weighted by atomic mass is 32.1. The van der Waals surface area contributed by atoms with Crippen molar-refractivity contribution in [2.45, 2.75) is 51.5 Å². The van der Waals surface area contributed by atoms with Crippen LogP contribution in [0.1, 0.15) is 66.7 Å². The third-order valence-electron chi connectivity index (χ3n) is 3.61. The largest absolute Gasteiger partial charge is 0.338 e. The average Bonchev–Trinajstić information content (AvgIpc) is 2.92. The number of carbonyl (C=O) groups excluding carboxylic acids is 2. The molecule has 20 heavy (non-hydrogen) atoms. The maximum Gasteiger partial charge on any atom is 0.315 e. The van der Waals surface area contributed by atoms with Crippen molar-refractivity contribution >= 4 is 23.2 Å². The number of nitrogens with one attached hydrogen (secondary N) is 2.